The summed E-state index contributed by atoms with van der Waals surface area (Å²) in [6.45, 7) is 6.94. The van der Waals surface area contributed by atoms with Gasteiger partial charge in [0.1, 0.15) is 5.60 Å². The Balaban J connectivity index is 1.70. The van der Waals surface area contributed by atoms with Gasteiger partial charge in [-0.25, -0.2) is 4.79 Å². The fourth-order valence-corrected chi connectivity index (χ4v) is 3.25. The van der Waals surface area contributed by atoms with E-state index in [1.165, 1.54) is 6.20 Å². The van der Waals surface area contributed by atoms with Gasteiger partial charge in [-0.1, -0.05) is 0 Å². The number of nitrogens with two attached hydrogens (primary N) is 1. The van der Waals surface area contributed by atoms with Crippen molar-refractivity contribution < 1.29 is 14.3 Å². The first-order chi connectivity index (χ1) is 10.7. The molecular weight excluding hydrogens is 296 g/mol. The highest BCUT2D eigenvalue weighted by Gasteiger charge is 2.46. The Labute approximate surface area is 135 Å². The highest BCUT2D eigenvalue weighted by atomic mass is 16.6. The molecule has 3 rings (SSSR count). The molecule has 2 fully saturated rings. The Morgan fingerprint density at radius 3 is 2.57 bits per heavy atom. The number of likely N-dealkylation sites (tertiary alicyclic amines) is 1. The lowest BCUT2D eigenvalue weighted by atomic mass is 10.2. The highest BCUT2D eigenvalue weighted by Crippen LogP contribution is 2.35. The lowest BCUT2D eigenvalue weighted by molar-refractivity contribution is 0.0214. The van der Waals surface area contributed by atoms with Crippen LogP contribution in [0.4, 0.5) is 10.5 Å². The average molecular weight is 318 g/mol. The number of carbonyl (C=O) groups excluding carboxylic acids is 2. The van der Waals surface area contributed by atoms with Gasteiger partial charge in [0, 0.05) is 25.3 Å². The minimum atomic E-state index is -0.488. The van der Waals surface area contributed by atoms with Crippen molar-refractivity contribution in [3.05, 3.63) is 24.0 Å². The molecule has 0 unspecified atom stereocenters. The largest absolute Gasteiger partial charge is 0.444 e. The van der Waals surface area contributed by atoms with Crippen molar-refractivity contribution in [2.24, 2.45) is 5.73 Å². The number of fused-ring (bicyclic) bond motifs is 2. The van der Waals surface area contributed by atoms with Crippen LogP contribution in [0, 0.1) is 0 Å². The van der Waals surface area contributed by atoms with Gasteiger partial charge < -0.3 is 20.3 Å². The third-order valence-corrected chi connectivity index (χ3v) is 4.21. The van der Waals surface area contributed by atoms with E-state index in [2.05, 4.69) is 9.88 Å². The Kier molecular flexibility index (Phi) is 3.66. The minimum Gasteiger partial charge on any atom is -0.444 e. The van der Waals surface area contributed by atoms with Crippen LogP contribution < -0.4 is 10.6 Å². The number of aromatic nitrogens is 1. The molecule has 0 radical (unpaired) electrons. The number of primary amides is 1. The Bertz CT molecular complexity index is 640. The Morgan fingerprint density at radius 2 is 2.00 bits per heavy atom. The fourth-order valence-electron chi connectivity index (χ4n) is 3.25. The predicted molar refractivity (Wildman–Crippen MR) is 85.2 cm³/mol. The molecule has 2 saturated heterocycles. The number of nitrogens with zero attached hydrogens (tertiary/aromatic N) is 3. The molecule has 0 spiro atoms. The van der Waals surface area contributed by atoms with E-state index < -0.39 is 11.5 Å². The third-order valence-electron chi connectivity index (χ3n) is 4.21. The summed E-state index contributed by atoms with van der Waals surface area (Å²) in [7, 11) is 0. The van der Waals surface area contributed by atoms with Crippen LogP contribution in [-0.2, 0) is 4.74 Å². The van der Waals surface area contributed by atoms with Gasteiger partial charge in [-0.05, 0) is 33.3 Å². The number of hydrogen-bond acceptors (Lipinski definition) is 5. The van der Waals surface area contributed by atoms with Crippen LogP contribution in [0.25, 0.3) is 0 Å². The molecule has 23 heavy (non-hydrogen) atoms. The summed E-state index contributed by atoms with van der Waals surface area (Å²) in [6.07, 6.45) is 3.84. The van der Waals surface area contributed by atoms with Gasteiger partial charge in [0.05, 0.1) is 23.5 Å². The van der Waals surface area contributed by atoms with Crippen molar-refractivity contribution >= 4 is 17.7 Å². The van der Waals surface area contributed by atoms with Crippen molar-refractivity contribution in [1.29, 1.82) is 0 Å². The van der Waals surface area contributed by atoms with Crippen molar-refractivity contribution in [2.75, 3.05) is 18.0 Å². The summed E-state index contributed by atoms with van der Waals surface area (Å²) in [5.41, 5.74) is 6.09. The lowest BCUT2D eigenvalue weighted by Crippen LogP contribution is -2.50. The smallest absolute Gasteiger partial charge is 0.410 e. The van der Waals surface area contributed by atoms with E-state index in [1.807, 2.05) is 20.8 Å². The summed E-state index contributed by atoms with van der Waals surface area (Å²) in [6, 6.07) is 2.11. The summed E-state index contributed by atoms with van der Waals surface area (Å²) < 4.78 is 5.46. The quantitative estimate of drug-likeness (QED) is 0.890. The molecule has 2 amide bonds. The van der Waals surface area contributed by atoms with Crippen LogP contribution in [0.3, 0.4) is 0 Å². The van der Waals surface area contributed by atoms with Gasteiger partial charge in [-0.2, -0.15) is 0 Å². The van der Waals surface area contributed by atoms with Crippen LogP contribution in [0.2, 0.25) is 0 Å². The number of anilines is 1. The molecule has 0 saturated carbocycles. The zero-order valence-electron chi connectivity index (χ0n) is 13.7. The summed E-state index contributed by atoms with van der Waals surface area (Å²) >= 11 is 0. The van der Waals surface area contributed by atoms with Gasteiger partial charge in [0.25, 0.3) is 0 Å². The average Bonchev–Trinajstić information content (AvgIpc) is 3.05. The number of piperazine rings is 1. The maximum atomic E-state index is 12.2. The van der Waals surface area contributed by atoms with Gasteiger partial charge in [0.15, 0.2) is 0 Å². The van der Waals surface area contributed by atoms with Crippen molar-refractivity contribution in [1.82, 2.24) is 9.88 Å². The first kappa shape index (κ1) is 15.6. The maximum absolute atomic E-state index is 12.2. The molecule has 0 aliphatic carbocycles. The number of ether oxygens (including phenoxy) is 1. The standard InChI is InChI=1S/C16H22N4O3/c1-16(2,3)23-15(22)20-9-12-5-13(20)8-19(12)11-4-10(14(17)21)6-18-7-11/h4,6-7,12-13H,5,8-9H2,1-3H3,(H2,17,21)/t12-,13-/m0/s1. The third kappa shape index (κ3) is 3.09. The molecular formula is C16H22N4O3. The van der Waals surface area contributed by atoms with Crippen molar-refractivity contribution in [3.8, 4) is 0 Å². The van der Waals surface area contributed by atoms with Crippen LogP contribution in [-0.4, -0.2) is 52.7 Å². The molecule has 2 atom stereocenters. The van der Waals surface area contributed by atoms with E-state index in [-0.39, 0.29) is 18.2 Å². The number of carbonyl (C=O) groups is 2. The second-order valence-electron chi connectivity index (χ2n) is 7.12. The van der Waals surface area contributed by atoms with E-state index in [4.69, 9.17) is 10.5 Å². The molecule has 1 aromatic rings. The van der Waals surface area contributed by atoms with Crippen molar-refractivity contribution in [2.45, 2.75) is 44.9 Å². The fraction of sp³-hybridized carbons (Fsp3) is 0.562. The number of pyridine rings is 1. The van der Waals surface area contributed by atoms with E-state index >= 15 is 0 Å². The second kappa shape index (κ2) is 5.40. The predicted octanol–water partition coefficient (Wildman–Crippen LogP) is 1.38. The zero-order chi connectivity index (χ0) is 16.8. The maximum Gasteiger partial charge on any atom is 0.410 e. The van der Waals surface area contributed by atoms with Crippen LogP contribution in [0.15, 0.2) is 18.5 Å². The SMILES string of the molecule is CC(C)(C)OC(=O)N1C[C@@H]2C[C@H]1CN2c1cncc(C(N)=O)c1. The first-order valence-corrected chi connectivity index (χ1v) is 7.76. The molecule has 7 heteroatoms. The number of amides is 2. The minimum absolute atomic E-state index is 0.132. The molecule has 7 nitrogen and oxygen atoms in total. The van der Waals surface area contributed by atoms with E-state index in [9.17, 15) is 9.59 Å². The van der Waals surface area contributed by atoms with E-state index in [1.54, 1.807) is 17.2 Å². The normalized spacial score (nSPS) is 23.3. The van der Waals surface area contributed by atoms with Crippen LogP contribution in [0.1, 0.15) is 37.6 Å². The molecule has 3 heterocycles. The van der Waals surface area contributed by atoms with Gasteiger partial charge in [-0.15, -0.1) is 0 Å². The molecule has 2 aliphatic heterocycles. The summed E-state index contributed by atoms with van der Waals surface area (Å²) in [5, 5.41) is 0. The van der Waals surface area contributed by atoms with E-state index in [0.29, 0.717) is 18.7 Å². The molecule has 0 aromatic carbocycles. The summed E-state index contributed by atoms with van der Waals surface area (Å²) in [5.74, 6) is -0.487. The molecule has 2 bridgehead atoms. The second-order valence-corrected chi connectivity index (χ2v) is 7.12. The highest BCUT2D eigenvalue weighted by molar-refractivity contribution is 5.93. The zero-order valence-corrected chi connectivity index (χ0v) is 13.7. The van der Waals surface area contributed by atoms with E-state index in [0.717, 1.165) is 12.1 Å². The molecule has 2 N–H and O–H groups in total. The van der Waals surface area contributed by atoms with Gasteiger partial charge >= 0.3 is 6.09 Å². The number of rotatable bonds is 2. The molecule has 2 aliphatic rings. The van der Waals surface area contributed by atoms with Crippen LogP contribution >= 0.6 is 0 Å². The Morgan fingerprint density at radius 1 is 1.26 bits per heavy atom. The Hall–Kier alpha value is -2.31. The van der Waals surface area contributed by atoms with Gasteiger partial charge in [-0.3, -0.25) is 9.78 Å². The lowest BCUT2D eigenvalue weighted by Gasteiger charge is -2.36. The number of hydrogen-bond donors (Lipinski definition) is 1. The van der Waals surface area contributed by atoms with Crippen LogP contribution in [0.5, 0.6) is 0 Å². The topological polar surface area (TPSA) is 88.8 Å². The summed E-state index contributed by atoms with van der Waals surface area (Å²) in [4.78, 5) is 31.6. The first-order valence-electron chi connectivity index (χ1n) is 7.76. The molecule has 1 aromatic heterocycles. The van der Waals surface area contributed by atoms with Crippen molar-refractivity contribution in [3.63, 3.8) is 0 Å². The van der Waals surface area contributed by atoms with Gasteiger partial charge in [0.2, 0.25) is 5.91 Å². The molecule has 124 valence electrons. The monoisotopic (exact) mass is 318 g/mol.